The molecule has 0 aliphatic carbocycles. The zero-order valence-electron chi connectivity index (χ0n) is 18.6. The molecule has 1 heterocycles. The van der Waals surface area contributed by atoms with E-state index in [0.717, 1.165) is 16.9 Å². The van der Waals surface area contributed by atoms with Gasteiger partial charge in [0, 0.05) is 0 Å². The summed E-state index contributed by atoms with van der Waals surface area (Å²) >= 11 is 0. The first-order chi connectivity index (χ1) is 14.0. The van der Waals surface area contributed by atoms with Crippen molar-refractivity contribution in [3.05, 3.63) is 65.7 Å². The van der Waals surface area contributed by atoms with Gasteiger partial charge < -0.3 is 9.16 Å². The van der Waals surface area contributed by atoms with Gasteiger partial charge in [-0.2, -0.15) is 0 Å². The van der Waals surface area contributed by atoms with Crippen LogP contribution in [0.3, 0.4) is 0 Å². The zero-order chi connectivity index (χ0) is 22.1. The Morgan fingerprint density at radius 2 is 1.70 bits per heavy atom. The van der Waals surface area contributed by atoms with Crippen molar-refractivity contribution in [2.24, 2.45) is 0 Å². The number of amides is 2. The number of carbonyl (C=O) groups excluding carboxylic acids is 2. The highest BCUT2D eigenvalue weighted by Crippen LogP contribution is 2.38. The molecule has 0 unspecified atom stereocenters. The summed E-state index contributed by atoms with van der Waals surface area (Å²) in [6.45, 7) is 13.0. The molecular formula is C24H31NO4Si. The van der Waals surface area contributed by atoms with Gasteiger partial charge in [0.15, 0.2) is 0 Å². The second kappa shape index (κ2) is 8.26. The highest BCUT2D eigenvalue weighted by molar-refractivity contribution is 6.74. The van der Waals surface area contributed by atoms with Crippen molar-refractivity contribution in [1.82, 2.24) is 4.90 Å². The van der Waals surface area contributed by atoms with E-state index in [9.17, 15) is 9.59 Å². The fourth-order valence-corrected chi connectivity index (χ4v) is 4.24. The maximum Gasteiger partial charge on any atom is 0.417 e. The molecule has 2 aromatic rings. The Morgan fingerprint density at radius 1 is 1.10 bits per heavy atom. The van der Waals surface area contributed by atoms with Crippen LogP contribution in [0.1, 0.15) is 50.8 Å². The number of cyclic esters (lactones) is 1. The van der Waals surface area contributed by atoms with Gasteiger partial charge >= 0.3 is 6.09 Å². The van der Waals surface area contributed by atoms with Crippen LogP contribution in [0.2, 0.25) is 18.1 Å². The minimum Gasteiger partial charge on any atom is -0.544 e. The summed E-state index contributed by atoms with van der Waals surface area (Å²) in [4.78, 5) is 26.7. The van der Waals surface area contributed by atoms with Gasteiger partial charge in [-0.25, -0.2) is 9.69 Å². The molecule has 0 saturated carbocycles. The molecule has 0 N–H and O–H groups in total. The van der Waals surface area contributed by atoms with Crippen molar-refractivity contribution in [3.8, 4) is 5.75 Å². The first kappa shape index (κ1) is 22.1. The standard InChI is InChI=1S/C24H31NO4Si/c1-17(18-10-8-7-9-11-18)22(26)25-21(16-28-23(25)27)19-12-14-20(15-13-19)29-30(5,6)24(2,3)4/h7-15,17,21H,16H2,1-6H3/t17-,21-/m0/s1. The third-order valence-electron chi connectivity index (χ3n) is 6.22. The minimum absolute atomic E-state index is 0.105. The summed E-state index contributed by atoms with van der Waals surface area (Å²) in [6.07, 6.45) is -0.589. The SMILES string of the molecule is C[C@H](C(=O)N1C(=O)OC[C@H]1c1ccc(O[Si](C)(C)C(C)(C)C)cc1)c1ccccc1. The van der Waals surface area contributed by atoms with Gasteiger partial charge in [0.25, 0.3) is 0 Å². The molecule has 2 amide bonds. The lowest BCUT2D eigenvalue weighted by atomic mass is 9.98. The van der Waals surface area contributed by atoms with Crippen LogP contribution in [-0.2, 0) is 9.53 Å². The molecule has 1 aliphatic heterocycles. The molecule has 1 aliphatic rings. The molecule has 0 aromatic heterocycles. The first-order valence-electron chi connectivity index (χ1n) is 10.3. The molecule has 5 nitrogen and oxygen atoms in total. The van der Waals surface area contributed by atoms with E-state index in [2.05, 4.69) is 33.9 Å². The zero-order valence-corrected chi connectivity index (χ0v) is 19.6. The van der Waals surface area contributed by atoms with Crippen LogP contribution < -0.4 is 4.43 Å². The van der Waals surface area contributed by atoms with Crippen molar-refractivity contribution in [2.45, 2.75) is 57.8 Å². The van der Waals surface area contributed by atoms with E-state index in [0.29, 0.717) is 0 Å². The Labute approximate surface area is 180 Å². The van der Waals surface area contributed by atoms with Crippen molar-refractivity contribution in [3.63, 3.8) is 0 Å². The quantitative estimate of drug-likeness (QED) is 0.560. The fourth-order valence-electron chi connectivity index (χ4n) is 3.21. The second-order valence-electron chi connectivity index (χ2n) is 9.36. The van der Waals surface area contributed by atoms with Gasteiger partial charge in [0.1, 0.15) is 18.4 Å². The monoisotopic (exact) mass is 425 g/mol. The van der Waals surface area contributed by atoms with Crippen LogP contribution >= 0.6 is 0 Å². The highest BCUT2D eigenvalue weighted by atomic mass is 28.4. The lowest BCUT2D eigenvalue weighted by Crippen LogP contribution is -2.43. The molecule has 30 heavy (non-hydrogen) atoms. The second-order valence-corrected chi connectivity index (χ2v) is 14.1. The van der Waals surface area contributed by atoms with Crippen LogP contribution in [-0.4, -0.2) is 31.8 Å². The van der Waals surface area contributed by atoms with Gasteiger partial charge in [0.05, 0.1) is 5.92 Å². The Hall–Kier alpha value is -2.60. The number of hydrogen-bond acceptors (Lipinski definition) is 4. The summed E-state index contributed by atoms with van der Waals surface area (Å²) < 4.78 is 11.6. The fraction of sp³-hybridized carbons (Fsp3) is 0.417. The predicted molar refractivity (Wildman–Crippen MR) is 120 cm³/mol. The average Bonchev–Trinajstić information content (AvgIpc) is 3.08. The lowest BCUT2D eigenvalue weighted by Gasteiger charge is -2.36. The van der Waals surface area contributed by atoms with Crippen molar-refractivity contribution in [1.29, 1.82) is 0 Å². The molecule has 2 aromatic carbocycles. The lowest BCUT2D eigenvalue weighted by molar-refractivity contribution is -0.130. The third-order valence-corrected chi connectivity index (χ3v) is 10.6. The summed E-state index contributed by atoms with van der Waals surface area (Å²) in [5.74, 6) is 0.127. The normalized spacial score (nSPS) is 18.1. The Balaban J connectivity index is 1.79. The maximum atomic E-state index is 13.1. The molecule has 6 heteroatoms. The van der Waals surface area contributed by atoms with E-state index in [4.69, 9.17) is 9.16 Å². The van der Waals surface area contributed by atoms with Crippen molar-refractivity contribution < 1.29 is 18.8 Å². The van der Waals surface area contributed by atoms with Crippen LogP contribution in [0.25, 0.3) is 0 Å². The van der Waals surface area contributed by atoms with E-state index in [-0.39, 0.29) is 17.6 Å². The minimum atomic E-state index is -1.93. The number of benzene rings is 2. The van der Waals surface area contributed by atoms with Gasteiger partial charge in [0.2, 0.25) is 14.2 Å². The maximum absolute atomic E-state index is 13.1. The van der Waals surface area contributed by atoms with E-state index in [1.807, 2.05) is 61.5 Å². The van der Waals surface area contributed by atoms with Crippen molar-refractivity contribution in [2.75, 3.05) is 6.61 Å². The Kier molecular flexibility index (Phi) is 6.08. The number of carbonyl (C=O) groups is 2. The summed E-state index contributed by atoms with van der Waals surface area (Å²) in [5.41, 5.74) is 1.73. The highest BCUT2D eigenvalue weighted by Gasteiger charge is 2.41. The average molecular weight is 426 g/mol. The van der Waals surface area contributed by atoms with Crippen LogP contribution in [0.5, 0.6) is 5.75 Å². The largest absolute Gasteiger partial charge is 0.544 e. The van der Waals surface area contributed by atoms with Gasteiger partial charge in [-0.15, -0.1) is 0 Å². The molecule has 160 valence electrons. The molecule has 0 radical (unpaired) electrons. The van der Waals surface area contributed by atoms with E-state index < -0.39 is 26.4 Å². The first-order valence-corrected chi connectivity index (χ1v) is 13.3. The molecule has 3 rings (SSSR count). The molecule has 1 saturated heterocycles. The molecule has 0 spiro atoms. The Bertz CT molecular complexity index is 903. The van der Waals surface area contributed by atoms with Gasteiger partial charge in [-0.3, -0.25) is 4.79 Å². The van der Waals surface area contributed by atoms with Crippen LogP contribution in [0.4, 0.5) is 4.79 Å². The van der Waals surface area contributed by atoms with E-state index >= 15 is 0 Å². The molecule has 1 fully saturated rings. The number of imide groups is 1. The van der Waals surface area contributed by atoms with Crippen LogP contribution in [0.15, 0.2) is 54.6 Å². The number of rotatable bonds is 5. The molecular weight excluding hydrogens is 394 g/mol. The van der Waals surface area contributed by atoms with E-state index in [1.54, 1.807) is 0 Å². The van der Waals surface area contributed by atoms with Gasteiger partial charge in [-0.05, 0) is 48.3 Å². The number of hydrogen-bond donors (Lipinski definition) is 0. The number of ether oxygens (including phenoxy) is 1. The summed E-state index contributed by atoms with van der Waals surface area (Å²) in [6, 6.07) is 16.7. The molecule has 0 bridgehead atoms. The number of nitrogens with zero attached hydrogens (tertiary/aromatic N) is 1. The smallest absolute Gasteiger partial charge is 0.417 e. The third kappa shape index (κ3) is 4.43. The van der Waals surface area contributed by atoms with Gasteiger partial charge in [-0.1, -0.05) is 63.2 Å². The predicted octanol–water partition coefficient (Wildman–Crippen LogP) is 5.89. The molecule has 2 atom stereocenters. The van der Waals surface area contributed by atoms with E-state index in [1.165, 1.54) is 4.90 Å². The Morgan fingerprint density at radius 3 is 2.27 bits per heavy atom. The van der Waals surface area contributed by atoms with Crippen LogP contribution in [0, 0.1) is 0 Å². The summed E-state index contributed by atoms with van der Waals surface area (Å²) in [7, 11) is -1.93. The topological polar surface area (TPSA) is 55.8 Å². The van der Waals surface area contributed by atoms with Crippen molar-refractivity contribution >= 4 is 20.3 Å². The summed E-state index contributed by atoms with van der Waals surface area (Å²) in [5, 5.41) is 0.105.